The van der Waals surface area contributed by atoms with E-state index in [9.17, 15) is 19.8 Å². The summed E-state index contributed by atoms with van der Waals surface area (Å²) >= 11 is 0. The first kappa shape index (κ1) is 20.5. The van der Waals surface area contributed by atoms with Crippen LogP contribution in [0.25, 0.3) is 0 Å². The molecule has 2 N–H and O–H groups in total. The molecule has 1 aliphatic rings. The molecule has 2 amide bonds. The number of phenolic OH excluding ortho intramolecular Hbond substituents is 2. The Morgan fingerprint density at radius 3 is 2.24 bits per heavy atom. The Morgan fingerprint density at radius 1 is 0.897 bits per heavy atom. The molecule has 0 radical (unpaired) electrons. The molecule has 0 atom stereocenters. The molecule has 7 nitrogen and oxygen atoms in total. The van der Waals surface area contributed by atoms with Crippen molar-refractivity contribution in [1.29, 1.82) is 0 Å². The molecule has 3 rings (SSSR count). The number of hydrogen-bond donors (Lipinski definition) is 2. The Kier molecular flexibility index (Phi) is 6.26. The lowest BCUT2D eigenvalue weighted by atomic mass is 10.1. The van der Waals surface area contributed by atoms with Crippen LogP contribution in [0.4, 0.5) is 0 Å². The fraction of sp³-hybridized carbons (Fsp3) is 0.364. The highest BCUT2D eigenvalue weighted by Gasteiger charge is 2.23. The number of ether oxygens (including phenoxy) is 1. The van der Waals surface area contributed by atoms with Crippen molar-refractivity contribution in [3.8, 4) is 17.2 Å². The Morgan fingerprint density at radius 2 is 1.55 bits per heavy atom. The van der Waals surface area contributed by atoms with Crippen LogP contribution in [0, 0.1) is 13.8 Å². The lowest BCUT2D eigenvalue weighted by molar-refractivity contribution is -0.133. The van der Waals surface area contributed by atoms with Crippen LogP contribution in [-0.4, -0.2) is 64.6 Å². The van der Waals surface area contributed by atoms with Gasteiger partial charge in [0.2, 0.25) is 0 Å². The number of benzene rings is 2. The van der Waals surface area contributed by atoms with Gasteiger partial charge >= 0.3 is 0 Å². The highest BCUT2D eigenvalue weighted by Crippen LogP contribution is 2.22. The molecule has 0 saturated carbocycles. The Labute approximate surface area is 170 Å². The number of hydrogen-bond acceptors (Lipinski definition) is 5. The van der Waals surface area contributed by atoms with Crippen molar-refractivity contribution >= 4 is 11.8 Å². The number of carbonyl (C=O) groups is 2. The first-order valence-electron chi connectivity index (χ1n) is 9.63. The molecule has 0 aliphatic carbocycles. The minimum absolute atomic E-state index is 0.0448. The molecule has 29 heavy (non-hydrogen) atoms. The van der Waals surface area contributed by atoms with Gasteiger partial charge in [-0.3, -0.25) is 9.59 Å². The molecule has 1 fully saturated rings. The molecule has 0 spiro atoms. The summed E-state index contributed by atoms with van der Waals surface area (Å²) in [6.07, 6.45) is 0.645. The molecular weight excluding hydrogens is 372 g/mol. The number of rotatable bonds is 4. The molecule has 154 valence electrons. The summed E-state index contributed by atoms with van der Waals surface area (Å²) < 4.78 is 5.64. The molecule has 0 bridgehead atoms. The van der Waals surface area contributed by atoms with Gasteiger partial charge < -0.3 is 24.7 Å². The summed E-state index contributed by atoms with van der Waals surface area (Å²) in [5, 5.41) is 19.2. The van der Waals surface area contributed by atoms with Gasteiger partial charge in [-0.2, -0.15) is 0 Å². The van der Waals surface area contributed by atoms with Crippen LogP contribution in [0.2, 0.25) is 0 Å². The van der Waals surface area contributed by atoms with Gasteiger partial charge in [-0.15, -0.1) is 0 Å². The van der Waals surface area contributed by atoms with Gasteiger partial charge in [0.1, 0.15) is 17.2 Å². The Hall–Kier alpha value is -3.22. The molecule has 0 unspecified atom stereocenters. The molecule has 2 aromatic carbocycles. The van der Waals surface area contributed by atoms with Gasteiger partial charge in [0.05, 0.1) is 0 Å². The van der Waals surface area contributed by atoms with E-state index in [0.717, 1.165) is 5.56 Å². The van der Waals surface area contributed by atoms with Crippen LogP contribution in [-0.2, 0) is 4.79 Å². The molecule has 2 aromatic rings. The topological polar surface area (TPSA) is 90.3 Å². The second-order valence-electron chi connectivity index (χ2n) is 7.30. The number of aryl methyl sites for hydroxylation is 2. The van der Waals surface area contributed by atoms with Gasteiger partial charge in [0.15, 0.2) is 6.61 Å². The SMILES string of the molecule is Cc1ccc(OCC(=O)N2CCCN(C(=O)c3cc(O)cc(O)c3)CC2)cc1C. The Bertz CT molecular complexity index is 892. The normalized spacial score (nSPS) is 14.4. The average molecular weight is 398 g/mol. The van der Waals surface area contributed by atoms with Gasteiger partial charge in [-0.05, 0) is 55.7 Å². The number of carbonyl (C=O) groups excluding carboxylic acids is 2. The van der Waals surface area contributed by atoms with E-state index in [4.69, 9.17) is 4.74 Å². The summed E-state index contributed by atoms with van der Waals surface area (Å²) in [6, 6.07) is 9.55. The lowest BCUT2D eigenvalue weighted by Crippen LogP contribution is -2.39. The van der Waals surface area contributed by atoms with E-state index >= 15 is 0 Å². The van der Waals surface area contributed by atoms with Gasteiger partial charge in [0.25, 0.3) is 11.8 Å². The fourth-order valence-corrected chi connectivity index (χ4v) is 3.31. The van der Waals surface area contributed by atoms with Crippen LogP contribution >= 0.6 is 0 Å². The molecule has 0 aromatic heterocycles. The van der Waals surface area contributed by atoms with Crippen molar-refractivity contribution in [1.82, 2.24) is 9.80 Å². The molecule has 1 aliphatic heterocycles. The maximum absolute atomic E-state index is 12.7. The van der Waals surface area contributed by atoms with Crippen molar-refractivity contribution in [3.63, 3.8) is 0 Å². The third-order valence-electron chi connectivity index (χ3n) is 5.13. The zero-order valence-electron chi connectivity index (χ0n) is 16.7. The van der Waals surface area contributed by atoms with Crippen LogP contribution in [0.3, 0.4) is 0 Å². The first-order chi connectivity index (χ1) is 13.8. The minimum atomic E-state index is -0.281. The van der Waals surface area contributed by atoms with Crippen LogP contribution < -0.4 is 4.74 Å². The van der Waals surface area contributed by atoms with Crippen molar-refractivity contribution in [3.05, 3.63) is 53.1 Å². The maximum Gasteiger partial charge on any atom is 0.260 e. The smallest absolute Gasteiger partial charge is 0.260 e. The van der Waals surface area contributed by atoms with E-state index in [1.807, 2.05) is 32.0 Å². The zero-order valence-corrected chi connectivity index (χ0v) is 16.7. The number of nitrogens with zero attached hydrogens (tertiary/aromatic N) is 2. The number of amides is 2. The van der Waals surface area contributed by atoms with Crippen molar-refractivity contribution in [2.45, 2.75) is 20.3 Å². The lowest BCUT2D eigenvalue weighted by Gasteiger charge is -2.22. The van der Waals surface area contributed by atoms with Crippen LogP contribution in [0.5, 0.6) is 17.2 Å². The predicted octanol–water partition coefficient (Wildman–Crippen LogP) is 2.47. The molecule has 1 heterocycles. The maximum atomic E-state index is 12.7. The van der Waals surface area contributed by atoms with E-state index < -0.39 is 0 Å². The summed E-state index contributed by atoms with van der Waals surface area (Å²) in [7, 11) is 0. The summed E-state index contributed by atoms with van der Waals surface area (Å²) in [4.78, 5) is 28.6. The zero-order chi connectivity index (χ0) is 21.0. The third-order valence-corrected chi connectivity index (χ3v) is 5.13. The van der Waals surface area contributed by atoms with Gasteiger partial charge in [0, 0.05) is 37.8 Å². The predicted molar refractivity (Wildman–Crippen MR) is 108 cm³/mol. The second kappa shape index (κ2) is 8.86. The number of aromatic hydroxyl groups is 2. The molecule has 7 heteroatoms. The minimum Gasteiger partial charge on any atom is -0.508 e. The van der Waals surface area contributed by atoms with Crippen LogP contribution in [0.15, 0.2) is 36.4 Å². The highest BCUT2D eigenvalue weighted by molar-refractivity contribution is 5.95. The third kappa shape index (κ3) is 5.19. The quantitative estimate of drug-likeness (QED) is 0.826. The average Bonchev–Trinajstić information content (AvgIpc) is 2.93. The van der Waals surface area contributed by atoms with Gasteiger partial charge in [-0.25, -0.2) is 0 Å². The van der Waals surface area contributed by atoms with E-state index in [2.05, 4.69) is 0 Å². The fourth-order valence-electron chi connectivity index (χ4n) is 3.31. The van der Waals surface area contributed by atoms with E-state index in [-0.39, 0.29) is 35.5 Å². The van der Waals surface area contributed by atoms with E-state index in [1.165, 1.54) is 23.8 Å². The first-order valence-corrected chi connectivity index (χ1v) is 9.63. The Balaban J connectivity index is 1.56. The van der Waals surface area contributed by atoms with Gasteiger partial charge in [-0.1, -0.05) is 6.07 Å². The highest BCUT2D eigenvalue weighted by atomic mass is 16.5. The van der Waals surface area contributed by atoms with Crippen molar-refractivity contribution in [2.24, 2.45) is 0 Å². The standard InChI is InChI=1S/C22H26N2O5/c1-15-4-5-20(10-16(15)2)29-14-21(27)23-6-3-7-24(9-8-23)22(28)17-11-18(25)13-19(26)12-17/h4-5,10-13,25-26H,3,6-9,14H2,1-2H3. The molecule has 1 saturated heterocycles. The van der Waals surface area contributed by atoms with Crippen molar-refractivity contribution < 1.29 is 24.5 Å². The summed E-state index contributed by atoms with van der Waals surface area (Å²) in [5.74, 6) is -0.0619. The second-order valence-corrected chi connectivity index (χ2v) is 7.30. The summed E-state index contributed by atoms with van der Waals surface area (Å²) in [6.45, 7) is 5.80. The van der Waals surface area contributed by atoms with Crippen LogP contribution in [0.1, 0.15) is 27.9 Å². The summed E-state index contributed by atoms with van der Waals surface area (Å²) in [5.41, 5.74) is 2.50. The molecular formula is C22H26N2O5. The van der Waals surface area contributed by atoms with Crippen molar-refractivity contribution in [2.75, 3.05) is 32.8 Å². The largest absolute Gasteiger partial charge is 0.508 e. The van der Waals surface area contributed by atoms with E-state index in [0.29, 0.717) is 38.3 Å². The monoisotopic (exact) mass is 398 g/mol. The van der Waals surface area contributed by atoms with E-state index in [1.54, 1.807) is 9.80 Å². The number of phenols is 2.